The molecule has 1 heterocycles. The van der Waals surface area contributed by atoms with Crippen molar-refractivity contribution in [3.63, 3.8) is 0 Å². The Morgan fingerprint density at radius 1 is 1.36 bits per heavy atom. The molecule has 1 aromatic carbocycles. The first-order valence-corrected chi connectivity index (χ1v) is 8.75. The van der Waals surface area contributed by atoms with E-state index in [0.717, 1.165) is 22.0 Å². The first-order chi connectivity index (χ1) is 10.4. The van der Waals surface area contributed by atoms with Crippen LogP contribution in [-0.4, -0.2) is 32.0 Å². The van der Waals surface area contributed by atoms with Crippen molar-refractivity contribution in [2.24, 2.45) is 5.41 Å². The summed E-state index contributed by atoms with van der Waals surface area (Å²) in [4.78, 5) is 12.2. The number of amides is 1. The zero-order valence-electron chi connectivity index (χ0n) is 13.4. The number of carbonyl (C=O) groups excluding carboxylic acids is 1. The van der Waals surface area contributed by atoms with Gasteiger partial charge in [-0.25, -0.2) is 0 Å². The topological polar surface area (TPSA) is 47.6 Å². The van der Waals surface area contributed by atoms with E-state index in [1.165, 1.54) is 5.56 Å². The highest BCUT2D eigenvalue weighted by Crippen LogP contribution is 2.31. The average Bonchev–Trinajstić information content (AvgIpc) is 2.98. The number of hydrogen-bond acceptors (Lipinski definition) is 3. The van der Waals surface area contributed by atoms with E-state index in [4.69, 9.17) is 9.47 Å². The van der Waals surface area contributed by atoms with Crippen molar-refractivity contribution in [3.05, 3.63) is 32.9 Å². The Hall–Kier alpha value is -0.660. The first-order valence-electron chi connectivity index (χ1n) is 7.68. The number of benzene rings is 1. The Kier molecular flexibility index (Phi) is 6.23. The van der Waals surface area contributed by atoms with Crippen molar-refractivity contribution in [2.75, 3.05) is 19.8 Å². The molecule has 0 unspecified atom stereocenters. The van der Waals surface area contributed by atoms with Crippen LogP contribution in [0.15, 0.2) is 18.2 Å². The monoisotopic (exact) mass is 417 g/mol. The van der Waals surface area contributed by atoms with Crippen molar-refractivity contribution in [3.8, 4) is 0 Å². The second-order valence-electron chi connectivity index (χ2n) is 6.40. The molecule has 0 saturated carbocycles. The summed E-state index contributed by atoms with van der Waals surface area (Å²) in [5, 5.41) is 3.00. The van der Waals surface area contributed by atoms with Gasteiger partial charge in [-0.15, -0.1) is 0 Å². The van der Waals surface area contributed by atoms with Crippen molar-refractivity contribution in [2.45, 2.75) is 39.9 Å². The van der Waals surface area contributed by atoms with E-state index >= 15 is 0 Å². The van der Waals surface area contributed by atoms with Crippen LogP contribution in [0.1, 0.15) is 42.6 Å². The predicted octanol–water partition coefficient (Wildman–Crippen LogP) is 3.51. The van der Waals surface area contributed by atoms with Crippen LogP contribution in [0.4, 0.5) is 0 Å². The third-order valence-corrected chi connectivity index (χ3v) is 4.81. The highest BCUT2D eigenvalue weighted by atomic mass is 127. The minimum absolute atomic E-state index is 0.00410. The number of ether oxygens (including phenoxy) is 2. The van der Waals surface area contributed by atoms with Gasteiger partial charge in [-0.3, -0.25) is 4.79 Å². The molecule has 1 aliphatic heterocycles. The van der Waals surface area contributed by atoms with E-state index in [9.17, 15) is 4.79 Å². The fourth-order valence-corrected chi connectivity index (χ4v) is 3.49. The number of carbonyl (C=O) groups is 1. The van der Waals surface area contributed by atoms with E-state index in [1.807, 2.05) is 25.1 Å². The summed E-state index contributed by atoms with van der Waals surface area (Å²) in [6.07, 6.45) is 1.73. The van der Waals surface area contributed by atoms with Crippen LogP contribution in [-0.2, 0) is 9.47 Å². The number of halogens is 1. The molecule has 5 heteroatoms. The van der Waals surface area contributed by atoms with Gasteiger partial charge in [0.1, 0.15) is 0 Å². The molecule has 0 aliphatic carbocycles. The highest BCUT2D eigenvalue weighted by molar-refractivity contribution is 14.1. The molecular weight excluding hydrogens is 393 g/mol. The van der Waals surface area contributed by atoms with Gasteiger partial charge in [-0.05, 0) is 54.5 Å². The van der Waals surface area contributed by atoms with Gasteiger partial charge >= 0.3 is 0 Å². The normalized spacial score (nSPS) is 16.0. The second-order valence-corrected chi connectivity index (χ2v) is 7.57. The van der Waals surface area contributed by atoms with Crippen LogP contribution < -0.4 is 5.32 Å². The Balaban J connectivity index is 1.77. The minimum atomic E-state index is -0.124. The molecule has 1 N–H and O–H groups in total. The lowest BCUT2D eigenvalue weighted by atomic mass is 9.87. The van der Waals surface area contributed by atoms with Crippen LogP contribution >= 0.6 is 22.6 Å². The Morgan fingerprint density at radius 2 is 2.05 bits per heavy atom. The lowest BCUT2D eigenvalue weighted by molar-refractivity contribution is -0.122. The van der Waals surface area contributed by atoms with Crippen LogP contribution in [0, 0.1) is 15.9 Å². The van der Waals surface area contributed by atoms with Gasteiger partial charge in [-0.1, -0.05) is 25.5 Å². The molecular formula is C17H24INO3. The van der Waals surface area contributed by atoms with Gasteiger partial charge in [-0.2, -0.15) is 0 Å². The van der Waals surface area contributed by atoms with Gasteiger partial charge in [0.2, 0.25) is 0 Å². The molecule has 1 aromatic rings. The number of nitrogens with one attached hydrogen (secondary N) is 1. The van der Waals surface area contributed by atoms with Gasteiger partial charge in [0.05, 0.1) is 18.8 Å². The summed E-state index contributed by atoms with van der Waals surface area (Å²) in [5.74, 6) is -0.00410. The van der Waals surface area contributed by atoms with E-state index in [1.54, 1.807) is 0 Å². The van der Waals surface area contributed by atoms with Gasteiger partial charge in [0.15, 0.2) is 6.29 Å². The third-order valence-electron chi connectivity index (χ3n) is 3.91. The molecule has 1 fully saturated rings. The maximum Gasteiger partial charge on any atom is 0.252 e. The summed E-state index contributed by atoms with van der Waals surface area (Å²) < 4.78 is 12.2. The van der Waals surface area contributed by atoms with E-state index in [2.05, 4.69) is 41.8 Å². The molecule has 22 heavy (non-hydrogen) atoms. The maximum atomic E-state index is 12.2. The average molecular weight is 417 g/mol. The van der Waals surface area contributed by atoms with Crippen LogP contribution in [0.3, 0.4) is 0 Å². The summed E-state index contributed by atoms with van der Waals surface area (Å²) in [6.45, 7) is 8.34. The lowest BCUT2D eigenvalue weighted by Crippen LogP contribution is -2.32. The van der Waals surface area contributed by atoms with Gasteiger partial charge < -0.3 is 14.8 Å². The van der Waals surface area contributed by atoms with Crippen molar-refractivity contribution >= 4 is 28.5 Å². The molecule has 1 aliphatic rings. The smallest absolute Gasteiger partial charge is 0.252 e. The largest absolute Gasteiger partial charge is 0.352 e. The second kappa shape index (κ2) is 7.75. The van der Waals surface area contributed by atoms with Gasteiger partial charge in [0.25, 0.3) is 5.91 Å². The van der Waals surface area contributed by atoms with E-state index in [-0.39, 0.29) is 17.6 Å². The minimum Gasteiger partial charge on any atom is -0.352 e. The number of aryl methyl sites for hydroxylation is 1. The van der Waals surface area contributed by atoms with Gasteiger partial charge in [0, 0.05) is 15.5 Å². The molecule has 0 atom stereocenters. The summed E-state index contributed by atoms with van der Waals surface area (Å²) in [7, 11) is 0. The molecule has 4 nitrogen and oxygen atoms in total. The summed E-state index contributed by atoms with van der Waals surface area (Å²) in [6, 6.07) is 5.87. The molecule has 0 radical (unpaired) electrons. The Bertz CT molecular complexity index is 525. The fraction of sp³-hybridized carbons (Fsp3) is 0.588. The first kappa shape index (κ1) is 17.7. The molecule has 2 rings (SSSR count). The van der Waals surface area contributed by atoms with Crippen molar-refractivity contribution < 1.29 is 14.3 Å². The number of rotatable bonds is 6. The molecule has 0 bridgehead atoms. The Morgan fingerprint density at radius 3 is 2.68 bits per heavy atom. The molecule has 0 aromatic heterocycles. The maximum absolute atomic E-state index is 12.2. The predicted molar refractivity (Wildman–Crippen MR) is 94.9 cm³/mol. The summed E-state index contributed by atoms with van der Waals surface area (Å²) in [5.41, 5.74) is 1.88. The third kappa shape index (κ3) is 4.67. The zero-order valence-corrected chi connectivity index (χ0v) is 15.6. The molecule has 122 valence electrons. The quantitative estimate of drug-likeness (QED) is 0.570. The lowest BCUT2D eigenvalue weighted by Gasteiger charge is -2.29. The summed E-state index contributed by atoms with van der Waals surface area (Å²) >= 11 is 2.21. The van der Waals surface area contributed by atoms with E-state index in [0.29, 0.717) is 19.8 Å². The number of hydrogen-bond donors (Lipinski definition) is 1. The molecule has 1 saturated heterocycles. The molecule has 0 spiro atoms. The Labute approximate surface area is 146 Å². The van der Waals surface area contributed by atoms with Crippen LogP contribution in [0.25, 0.3) is 0 Å². The van der Waals surface area contributed by atoms with Crippen molar-refractivity contribution in [1.29, 1.82) is 0 Å². The highest BCUT2D eigenvalue weighted by Gasteiger charge is 2.33. The zero-order chi connectivity index (χ0) is 16.2. The standard InChI is InChI=1S/C17H24INO3/c1-12-5-6-13(14(18)11-12)15(20)19-8-4-7-17(2,3)16-21-9-10-22-16/h5-6,11,16H,4,7-10H2,1-3H3,(H,19,20). The SMILES string of the molecule is Cc1ccc(C(=O)NCCCC(C)(C)C2OCCO2)c(I)c1. The van der Waals surface area contributed by atoms with Crippen molar-refractivity contribution in [1.82, 2.24) is 5.32 Å². The van der Waals surface area contributed by atoms with E-state index < -0.39 is 0 Å². The van der Waals surface area contributed by atoms with Crippen LogP contribution in [0.5, 0.6) is 0 Å². The molecule has 1 amide bonds. The van der Waals surface area contributed by atoms with Crippen LogP contribution in [0.2, 0.25) is 0 Å². The fourth-order valence-electron chi connectivity index (χ4n) is 2.57.